The fourth-order valence-electron chi connectivity index (χ4n) is 1.22. The number of nitrogens with zero attached hydrogens (tertiary/aromatic N) is 2. The summed E-state index contributed by atoms with van der Waals surface area (Å²) in [5.74, 6) is 0.782. The van der Waals surface area contributed by atoms with Crippen molar-refractivity contribution >= 4 is 5.69 Å². The second-order valence-corrected chi connectivity index (χ2v) is 3.14. The third-order valence-electron chi connectivity index (χ3n) is 2.02. The van der Waals surface area contributed by atoms with Gasteiger partial charge in [0.25, 0.3) is 0 Å². The molecular weight excluding hydrogens is 174 g/mol. The van der Waals surface area contributed by atoms with Gasteiger partial charge in [0.05, 0.1) is 0 Å². The van der Waals surface area contributed by atoms with E-state index in [1.54, 1.807) is 0 Å². The third kappa shape index (κ3) is 1.71. The minimum atomic E-state index is 0.766. The van der Waals surface area contributed by atoms with Gasteiger partial charge in [-0.05, 0) is 24.6 Å². The zero-order chi connectivity index (χ0) is 9.97. The van der Waals surface area contributed by atoms with E-state index in [9.17, 15) is 0 Å². The van der Waals surface area contributed by atoms with Crippen molar-refractivity contribution in [1.82, 2.24) is 9.97 Å². The van der Waals surface area contributed by atoms with Crippen molar-refractivity contribution in [1.29, 1.82) is 0 Å². The third-order valence-corrected chi connectivity index (χ3v) is 2.02. The van der Waals surface area contributed by atoms with Crippen LogP contribution in [0.1, 0.15) is 5.82 Å². The Hall–Kier alpha value is -1.90. The molecule has 0 aliphatic carbocycles. The predicted octanol–water partition coefficient (Wildman–Crippen LogP) is 2.03. The van der Waals surface area contributed by atoms with Crippen LogP contribution in [0.25, 0.3) is 11.1 Å². The number of nitrogens with two attached hydrogens (primary N) is 1. The van der Waals surface area contributed by atoms with Crippen LogP contribution < -0.4 is 5.73 Å². The number of rotatable bonds is 1. The van der Waals surface area contributed by atoms with Crippen LogP contribution in [0.4, 0.5) is 5.69 Å². The first-order valence-electron chi connectivity index (χ1n) is 4.40. The van der Waals surface area contributed by atoms with Crippen molar-refractivity contribution in [3.63, 3.8) is 0 Å². The van der Waals surface area contributed by atoms with Crippen molar-refractivity contribution in [2.75, 3.05) is 5.73 Å². The molecule has 3 heteroatoms. The fraction of sp³-hybridized carbons (Fsp3) is 0.0909. The van der Waals surface area contributed by atoms with E-state index in [-0.39, 0.29) is 0 Å². The molecule has 0 saturated carbocycles. The van der Waals surface area contributed by atoms with Gasteiger partial charge in [-0.3, -0.25) is 0 Å². The van der Waals surface area contributed by atoms with Crippen LogP contribution in [0.5, 0.6) is 0 Å². The van der Waals surface area contributed by atoms with E-state index < -0.39 is 0 Å². The first-order chi connectivity index (χ1) is 6.75. The first-order valence-corrected chi connectivity index (χ1v) is 4.40. The van der Waals surface area contributed by atoms with Gasteiger partial charge in [0.2, 0.25) is 0 Å². The highest BCUT2D eigenvalue weighted by molar-refractivity contribution is 5.63. The lowest BCUT2D eigenvalue weighted by molar-refractivity contribution is 1.06. The summed E-state index contributed by atoms with van der Waals surface area (Å²) in [6.07, 6.45) is 3.63. The van der Waals surface area contributed by atoms with E-state index >= 15 is 0 Å². The molecule has 0 unspecified atom stereocenters. The minimum Gasteiger partial charge on any atom is -0.399 e. The van der Waals surface area contributed by atoms with Gasteiger partial charge in [0.1, 0.15) is 5.82 Å². The van der Waals surface area contributed by atoms with Gasteiger partial charge in [-0.15, -0.1) is 0 Å². The number of anilines is 1. The van der Waals surface area contributed by atoms with E-state index in [0.29, 0.717) is 0 Å². The molecule has 0 radical (unpaired) electrons. The Morgan fingerprint density at radius 1 is 0.929 bits per heavy atom. The molecule has 0 aliphatic rings. The Kier molecular flexibility index (Phi) is 2.14. The Balaban J connectivity index is 2.40. The number of nitrogen functional groups attached to an aromatic ring is 1. The zero-order valence-electron chi connectivity index (χ0n) is 7.94. The first kappa shape index (κ1) is 8.69. The maximum absolute atomic E-state index is 5.60. The van der Waals surface area contributed by atoms with Gasteiger partial charge >= 0.3 is 0 Å². The number of aromatic nitrogens is 2. The smallest absolute Gasteiger partial charge is 0.125 e. The van der Waals surface area contributed by atoms with Gasteiger partial charge in [0, 0.05) is 23.6 Å². The summed E-state index contributed by atoms with van der Waals surface area (Å²) in [5.41, 5.74) is 8.46. The molecule has 3 nitrogen and oxygen atoms in total. The van der Waals surface area contributed by atoms with Crippen LogP contribution >= 0.6 is 0 Å². The summed E-state index contributed by atoms with van der Waals surface area (Å²) >= 11 is 0. The Bertz CT molecular complexity index is 374. The molecular formula is C11H11N3. The van der Waals surface area contributed by atoms with Gasteiger partial charge in [-0.25, -0.2) is 9.97 Å². The number of hydrogen-bond acceptors (Lipinski definition) is 3. The standard InChI is InChI=1S/C11H11N3/c1-8-13-6-10(7-14-8)9-2-4-11(12)5-3-9/h2-7H,12H2,1H3. The SMILES string of the molecule is Cc1ncc(-c2ccc(N)cc2)cn1. The maximum atomic E-state index is 5.60. The van der Waals surface area contributed by atoms with E-state index in [1.165, 1.54) is 0 Å². The van der Waals surface area contributed by atoms with Crippen LogP contribution in [-0.2, 0) is 0 Å². The van der Waals surface area contributed by atoms with Crippen LogP contribution in [0.15, 0.2) is 36.7 Å². The Labute approximate surface area is 82.6 Å². The van der Waals surface area contributed by atoms with Crippen LogP contribution in [-0.4, -0.2) is 9.97 Å². The summed E-state index contributed by atoms with van der Waals surface area (Å²) in [5, 5.41) is 0. The van der Waals surface area contributed by atoms with Crippen molar-refractivity contribution in [3.8, 4) is 11.1 Å². The number of benzene rings is 1. The quantitative estimate of drug-likeness (QED) is 0.691. The van der Waals surface area contributed by atoms with E-state index in [4.69, 9.17) is 5.73 Å². The van der Waals surface area contributed by atoms with Gasteiger partial charge in [-0.2, -0.15) is 0 Å². The predicted molar refractivity (Wildman–Crippen MR) is 56.6 cm³/mol. The Morgan fingerprint density at radius 3 is 2.07 bits per heavy atom. The fourth-order valence-corrected chi connectivity index (χ4v) is 1.22. The maximum Gasteiger partial charge on any atom is 0.125 e. The second kappa shape index (κ2) is 3.46. The summed E-state index contributed by atoms with van der Waals surface area (Å²) in [6.45, 7) is 1.87. The highest BCUT2D eigenvalue weighted by Gasteiger charge is 1.97. The average Bonchev–Trinajstić information content (AvgIpc) is 2.21. The van der Waals surface area contributed by atoms with E-state index in [1.807, 2.05) is 43.6 Å². The highest BCUT2D eigenvalue weighted by Crippen LogP contribution is 2.18. The molecule has 0 fully saturated rings. The molecule has 2 N–H and O–H groups in total. The van der Waals surface area contributed by atoms with Gasteiger partial charge in [0.15, 0.2) is 0 Å². The van der Waals surface area contributed by atoms with Crippen molar-refractivity contribution in [2.24, 2.45) is 0 Å². The molecule has 0 saturated heterocycles. The van der Waals surface area contributed by atoms with Crippen molar-refractivity contribution in [3.05, 3.63) is 42.5 Å². The molecule has 2 aromatic rings. The van der Waals surface area contributed by atoms with Crippen LogP contribution in [0.2, 0.25) is 0 Å². The summed E-state index contributed by atoms with van der Waals surface area (Å²) < 4.78 is 0. The van der Waals surface area contributed by atoms with Crippen LogP contribution in [0, 0.1) is 6.92 Å². The van der Waals surface area contributed by atoms with Crippen molar-refractivity contribution in [2.45, 2.75) is 6.92 Å². The largest absolute Gasteiger partial charge is 0.399 e. The topological polar surface area (TPSA) is 51.8 Å². The molecule has 0 spiro atoms. The van der Waals surface area contributed by atoms with Gasteiger partial charge < -0.3 is 5.73 Å². The van der Waals surface area contributed by atoms with Crippen molar-refractivity contribution < 1.29 is 0 Å². The zero-order valence-corrected chi connectivity index (χ0v) is 7.94. The molecule has 14 heavy (non-hydrogen) atoms. The number of aryl methyl sites for hydroxylation is 1. The lowest BCUT2D eigenvalue weighted by atomic mass is 10.1. The molecule has 1 aromatic carbocycles. The van der Waals surface area contributed by atoms with Gasteiger partial charge in [-0.1, -0.05) is 12.1 Å². The molecule has 0 amide bonds. The van der Waals surface area contributed by atoms with E-state index in [2.05, 4.69) is 9.97 Å². The molecule has 1 heterocycles. The molecule has 2 rings (SSSR count). The Morgan fingerprint density at radius 2 is 1.50 bits per heavy atom. The lowest BCUT2D eigenvalue weighted by Crippen LogP contribution is -1.88. The summed E-state index contributed by atoms with van der Waals surface area (Å²) in [4.78, 5) is 8.27. The summed E-state index contributed by atoms with van der Waals surface area (Å²) in [6, 6.07) is 7.66. The molecule has 1 aromatic heterocycles. The molecule has 0 bridgehead atoms. The van der Waals surface area contributed by atoms with Crippen LogP contribution in [0.3, 0.4) is 0 Å². The second-order valence-electron chi connectivity index (χ2n) is 3.14. The summed E-state index contributed by atoms with van der Waals surface area (Å²) in [7, 11) is 0. The lowest BCUT2D eigenvalue weighted by Gasteiger charge is -2.01. The molecule has 0 aliphatic heterocycles. The average molecular weight is 185 g/mol. The number of hydrogen-bond donors (Lipinski definition) is 1. The highest BCUT2D eigenvalue weighted by atomic mass is 14.8. The minimum absolute atomic E-state index is 0.766. The van der Waals surface area contributed by atoms with E-state index in [0.717, 1.165) is 22.6 Å². The molecule has 0 atom stereocenters. The normalized spacial score (nSPS) is 10.1. The molecule has 70 valence electrons. The monoisotopic (exact) mass is 185 g/mol.